The lowest BCUT2D eigenvalue weighted by Gasteiger charge is -2.44. The zero-order chi connectivity index (χ0) is 10.2. The Morgan fingerprint density at radius 3 is 2.54 bits per heavy atom. The fourth-order valence-electron chi connectivity index (χ4n) is 2.06. The van der Waals surface area contributed by atoms with E-state index in [1.54, 1.807) is 0 Å². The second kappa shape index (κ2) is 3.39. The molecule has 1 aliphatic rings. The van der Waals surface area contributed by atoms with Crippen molar-refractivity contribution in [3.8, 4) is 0 Å². The SMILES string of the molecule is CC(=O)[C@]1(O)C[C@@H](C)N(C)C[C@H]1C. The second-order valence-electron chi connectivity index (χ2n) is 4.37. The van der Waals surface area contributed by atoms with Gasteiger partial charge >= 0.3 is 0 Å². The zero-order valence-electron chi connectivity index (χ0n) is 8.87. The van der Waals surface area contributed by atoms with Crippen molar-refractivity contribution in [1.82, 2.24) is 4.90 Å². The molecule has 0 aromatic rings. The molecule has 0 spiro atoms. The first kappa shape index (κ1) is 10.7. The van der Waals surface area contributed by atoms with Gasteiger partial charge in [0.2, 0.25) is 0 Å². The van der Waals surface area contributed by atoms with Gasteiger partial charge in [0.25, 0.3) is 0 Å². The van der Waals surface area contributed by atoms with E-state index < -0.39 is 5.60 Å². The van der Waals surface area contributed by atoms with E-state index in [2.05, 4.69) is 4.90 Å². The molecule has 0 unspecified atom stereocenters. The van der Waals surface area contributed by atoms with Gasteiger partial charge in [-0.25, -0.2) is 0 Å². The van der Waals surface area contributed by atoms with Crippen LogP contribution in [0.4, 0.5) is 0 Å². The number of Topliss-reactive ketones (excluding diaryl/α,β-unsaturated/α-hetero) is 1. The molecule has 76 valence electrons. The number of nitrogens with zero attached hydrogens (tertiary/aromatic N) is 1. The molecule has 3 nitrogen and oxygen atoms in total. The largest absolute Gasteiger partial charge is 0.382 e. The van der Waals surface area contributed by atoms with E-state index in [4.69, 9.17) is 0 Å². The number of carbonyl (C=O) groups excluding carboxylic acids is 1. The first-order chi connectivity index (χ1) is 5.88. The molecule has 3 atom stereocenters. The Hall–Kier alpha value is -0.410. The molecular weight excluding hydrogens is 166 g/mol. The van der Waals surface area contributed by atoms with Gasteiger partial charge in [0.05, 0.1) is 0 Å². The molecule has 1 fully saturated rings. The lowest BCUT2D eigenvalue weighted by Crippen LogP contribution is -2.56. The zero-order valence-corrected chi connectivity index (χ0v) is 8.87. The minimum atomic E-state index is -1.09. The van der Waals surface area contributed by atoms with Gasteiger partial charge in [-0.2, -0.15) is 0 Å². The molecule has 0 amide bonds. The van der Waals surface area contributed by atoms with Crippen LogP contribution in [-0.2, 0) is 4.79 Å². The highest BCUT2D eigenvalue weighted by atomic mass is 16.3. The van der Waals surface area contributed by atoms with Crippen molar-refractivity contribution in [2.24, 2.45) is 5.92 Å². The minimum Gasteiger partial charge on any atom is -0.382 e. The highest BCUT2D eigenvalue weighted by molar-refractivity contribution is 5.85. The van der Waals surface area contributed by atoms with Crippen LogP contribution in [0.3, 0.4) is 0 Å². The predicted octanol–water partition coefficient (Wildman–Crippen LogP) is 0.667. The monoisotopic (exact) mass is 185 g/mol. The highest BCUT2D eigenvalue weighted by Gasteiger charge is 2.44. The van der Waals surface area contributed by atoms with Crippen LogP contribution in [0.2, 0.25) is 0 Å². The van der Waals surface area contributed by atoms with Gasteiger partial charge in [-0.3, -0.25) is 4.79 Å². The molecule has 0 aliphatic carbocycles. The number of hydrogen-bond donors (Lipinski definition) is 1. The molecule has 1 saturated heterocycles. The van der Waals surface area contributed by atoms with E-state index in [1.165, 1.54) is 6.92 Å². The number of ketones is 1. The van der Waals surface area contributed by atoms with Crippen LogP contribution < -0.4 is 0 Å². The summed E-state index contributed by atoms with van der Waals surface area (Å²) in [5.41, 5.74) is -1.09. The van der Waals surface area contributed by atoms with Crippen LogP contribution >= 0.6 is 0 Å². The van der Waals surface area contributed by atoms with Gasteiger partial charge in [0.15, 0.2) is 5.78 Å². The molecule has 0 aromatic heterocycles. The van der Waals surface area contributed by atoms with Crippen molar-refractivity contribution in [3.63, 3.8) is 0 Å². The smallest absolute Gasteiger partial charge is 0.161 e. The molecule has 13 heavy (non-hydrogen) atoms. The van der Waals surface area contributed by atoms with E-state index in [1.807, 2.05) is 20.9 Å². The summed E-state index contributed by atoms with van der Waals surface area (Å²) in [7, 11) is 2.03. The molecule has 0 aromatic carbocycles. The topological polar surface area (TPSA) is 40.5 Å². The third kappa shape index (κ3) is 1.76. The Kier molecular flexibility index (Phi) is 2.78. The minimum absolute atomic E-state index is 0.0335. The van der Waals surface area contributed by atoms with Gasteiger partial charge in [-0.05, 0) is 27.3 Å². The summed E-state index contributed by atoms with van der Waals surface area (Å²) in [6.07, 6.45) is 0.556. The van der Waals surface area contributed by atoms with Gasteiger partial charge in [0.1, 0.15) is 5.60 Å². The standard InChI is InChI=1S/C10H19NO2/c1-7-6-11(4)8(2)5-10(7,13)9(3)12/h7-8,13H,5-6H2,1-4H3/t7-,8-,10+/m1/s1. The lowest BCUT2D eigenvalue weighted by molar-refractivity contribution is -0.149. The Morgan fingerprint density at radius 1 is 1.54 bits per heavy atom. The quantitative estimate of drug-likeness (QED) is 0.652. The van der Waals surface area contributed by atoms with Crippen LogP contribution in [-0.4, -0.2) is 41.0 Å². The fourth-order valence-corrected chi connectivity index (χ4v) is 2.06. The van der Waals surface area contributed by atoms with Crippen molar-refractivity contribution in [1.29, 1.82) is 0 Å². The van der Waals surface area contributed by atoms with Gasteiger partial charge < -0.3 is 10.0 Å². The first-order valence-corrected chi connectivity index (χ1v) is 4.81. The number of piperidine rings is 1. The molecule has 1 heterocycles. The molecule has 1 rings (SSSR count). The van der Waals surface area contributed by atoms with Crippen LogP contribution in [0.5, 0.6) is 0 Å². The third-order valence-electron chi connectivity index (χ3n) is 3.35. The Morgan fingerprint density at radius 2 is 2.08 bits per heavy atom. The van der Waals surface area contributed by atoms with Crippen molar-refractivity contribution in [2.75, 3.05) is 13.6 Å². The van der Waals surface area contributed by atoms with E-state index in [9.17, 15) is 9.90 Å². The Balaban J connectivity index is 2.82. The van der Waals surface area contributed by atoms with E-state index in [0.29, 0.717) is 6.42 Å². The second-order valence-corrected chi connectivity index (χ2v) is 4.37. The summed E-state index contributed by atoms with van der Waals surface area (Å²) in [5, 5.41) is 10.1. The van der Waals surface area contributed by atoms with Crippen molar-refractivity contribution in [3.05, 3.63) is 0 Å². The highest BCUT2D eigenvalue weighted by Crippen LogP contribution is 2.31. The molecule has 0 saturated carbocycles. The maximum atomic E-state index is 11.3. The summed E-state index contributed by atoms with van der Waals surface area (Å²) >= 11 is 0. The summed E-state index contributed by atoms with van der Waals surface area (Å²) in [5.74, 6) is -0.0638. The third-order valence-corrected chi connectivity index (χ3v) is 3.35. The number of hydrogen-bond acceptors (Lipinski definition) is 3. The van der Waals surface area contributed by atoms with Crippen LogP contribution in [0.15, 0.2) is 0 Å². The van der Waals surface area contributed by atoms with Crippen molar-refractivity contribution < 1.29 is 9.90 Å². The van der Waals surface area contributed by atoms with Gasteiger partial charge in [-0.15, -0.1) is 0 Å². The molecule has 0 bridgehead atoms. The van der Waals surface area contributed by atoms with Gasteiger partial charge in [0, 0.05) is 18.5 Å². The molecule has 1 aliphatic heterocycles. The van der Waals surface area contributed by atoms with E-state index in [0.717, 1.165) is 6.54 Å². The molecule has 0 radical (unpaired) electrons. The van der Waals surface area contributed by atoms with Crippen molar-refractivity contribution in [2.45, 2.75) is 38.8 Å². The number of likely N-dealkylation sites (tertiary alicyclic amines) is 1. The summed E-state index contributed by atoms with van der Waals surface area (Å²) in [6, 6.07) is 0.282. The molecule has 1 N–H and O–H groups in total. The predicted molar refractivity (Wildman–Crippen MR) is 51.5 cm³/mol. The summed E-state index contributed by atoms with van der Waals surface area (Å²) in [6.45, 7) is 6.25. The molecule has 3 heteroatoms. The molecular formula is C10H19NO2. The normalized spacial score (nSPS) is 41.9. The average molecular weight is 185 g/mol. The van der Waals surface area contributed by atoms with Crippen molar-refractivity contribution >= 4 is 5.78 Å². The van der Waals surface area contributed by atoms with E-state index >= 15 is 0 Å². The number of rotatable bonds is 1. The van der Waals surface area contributed by atoms with Crippen LogP contribution in [0.1, 0.15) is 27.2 Å². The lowest BCUT2D eigenvalue weighted by atomic mass is 9.77. The fraction of sp³-hybridized carbons (Fsp3) is 0.900. The first-order valence-electron chi connectivity index (χ1n) is 4.81. The number of carbonyl (C=O) groups is 1. The van der Waals surface area contributed by atoms with E-state index in [-0.39, 0.29) is 17.7 Å². The average Bonchev–Trinajstić information content (AvgIpc) is 2.01. The Labute approximate surface area is 79.7 Å². The van der Waals surface area contributed by atoms with Crippen LogP contribution in [0, 0.1) is 5.92 Å². The number of aliphatic hydroxyl groups is 1. The Bertz CT molecular complexity index is 217. The summed E-state index contributed by atoms with van der Waals surface area (Å²) in [4.78, 5) is 13.5. The summed E-state index contributed by atoms with van der Waals surface area (Å²) < 4.78 is 0. The van der Waals surface area contributed by atoms with Gasteiger partial charge in [-0.1, -0.05) is 6.92 Å². The maximum Gasteiger partial charge on any atom is 0.161 e. The van der Waals surface area contributed by atoms with Crippen LogP contribution in [0.25, 0.3) is 0 Å². The maximum absolute atomic E-state index is 11.3.